The van der Waals surface area contributed by atoms with Gasteiger partial charge in [0.2, 0.25) is 0 Å². The summed E-state index contributed by atoms with van der Waals surface area (Å²) in [4.78, 5) is 0. The summed E-state index contributed by atoms with van der Waals surface area (Å²) in [5.41, 5.74) is 1.03. The topological polar surface area (TPSA) is 9.23 Å². The van der Waals surface area contributed by atoms with E-state index in [0.717, 1.165) is 25.0 Å². The molecular formula is C15H19Cl2O. The van der Waals surface area contributed by atoms with E-state index in [-0.39, 0.29) is 0 Å². The number of benzene rings is 1. The van der Waals surface area contributed by atoms with Crippen LogP contribution in [0.15, 0.2) is 24.3 Å². The van der Waals surface area contributed by atoms with Crippen LogP contribution >= 0.6 is 23.2 Å². The van der Waals surface area contributed by atoms with Gasteiger partial charge in [-0.3, -0.25) is 0 Å². The van der Waals surface area contributed by atoms with Gasteiger partial charge in [-0.05, 0) is 24.1 Å². The Morgan fingerprint density at radius 2 is 1.94 bits per heavy atom. The molecule has 3 heteroatoms. The van der Waals surface area contributed by atoms with Crippen molar-refractivity contribution in [3.8, 4) is 0 Å². The number of unbranched alkanes of at least 4 members (excludes halogenated alkanes) is 3. The van der Waals surface area contributed by atoms with Crippen LogP contribution in [0.2, 0.25) is 10.0 Å². The van der Waals surface area contributed by atoms with Crippen molar-refractivity contribution in [1.82, 2.24) is 0 Å². The van der Waals surface area contributed by atoms with Gasteiger partial charge in [-0.2, -0.15) is 0 Å². The molecule has 0 aliphatic carbocycles. The summed E-state index contributed by atoms with van der Waals surface area (Å²) in [5, 5.41) is 1.16. The monoisotopic (exact) mass is 285 g/mol. The van der Waals surface area contributed by atoms with Crippen molar-refractivity contribution in [2.75, 3.05) is 13.2 Å². The minimum atomic E-state index is 0.577. The lowest BCUT2D eigenvalue weighted by Gasteiger charge is -2.01. The molecule has 1 rings (SSSR count). The van der Waals surface area contributed by atoms with Gasteiger partial charge in [0.25, 0.3) is 0 Å². The Hall–Kier alpha value is -0.500. The van der Waals surface area contributed by atoms with Gasteiger partial charge in [0, 0.05) is 6.61 Å². The highest BCUT2D eigenvalue weighted by atomic mass is 35.5. The van der Waals surface area contributed by atoms with Gasteiger partial charge < -0.3 is 4.74 Å². The summed E-state index contributed by atoms with van der Waals surface area (Å²) in [7, 11) is 0. The van der Waals surface area contributed by atoms with E-state index in [1.807, 2.05) is 24.3 Å². The normalized spacial score (nSPS) is 11.3. The average Bonchev–Trinajstić information content (AvgIpc) is 2.37. The number of hydrogen-bond donors (Lipinski definition) is 0. The van der Waals surface area contributed by atoms with E-state index in [0.29, 0.717) is 16.7 Å². The molecule has 0 aromatic heterocycles. The molecule has 0 aliphatic heterocycles. The van der Waals surface area contributed by atoms with Crippen LogP contribution in [0.3, 0.4) is 0 Å². The van der Waals surface area contributed by atoms with Gasteiger partial charge >= 0.3 is 0 Å². The van der Waals surface area contributed by atoms with Crippen LogP contribution in [0, 0.1) is 6.92 Å². The third kappa shape index (κ3) is 6.44. The van der Waals surface area contributed by atoms with Gasteiger partial charge in [-0.1, -0.05) is 67.6 Å². The fourth-order valence-corrected chi connectivity index (χ4v) is 1.82. The largest absolute Gasteiger partial charge is 0.377 e. The van der Waals surface area contributed by atoms with Crippen LogP contribution in [0.25, 0.3) is 6.08 Å². The van der Waals surface area contributed by atoms with E-state index in [4.69, 9.17) is 27.9 Å². The smallest absolute Gasteiger partial charge is 0.0650 e. The summed E-state index contributed by atoms with van der Waals surface area (Å²) >= 11 is 11.8. The van der Waals surface area contributed by atoms with Crippen LogP contribution in [0.4, 0.5) is 0 Å². The van der Waals surface area contributed by atoms with Crippen molar-refractivity contribution < 1.29 is 4.74 Å². The molecule has 0 amide bonds. The fraction of sp³-hybridized carbons (Fsp3) is 0.400. The van der Waals surface area contributed by atoms with Crippen molar-refractivity contribution in [1.29, 1.82) is 0 Å². The second-order valence-corrected chi connectivity index (χ2v) is 4.88. The molecule has 1 nitrogen and oxygen atoms in total. The van der Waals surface area contributed by atoms with E-state index in [2.05, 4.69) is 6.92 Å². The predicted octanol–water partition coefficient (Wildman–Crippen LogP) is 5.42. The molecule has 1 aromatic carbocycles. The predicted molar refractivity (Wildman–Crippen MR) is 80.1 cm³/mol. The lowest BCUT2D eigenvalue weighted by atomic mass is 10.2. The zero-order valence-electron chi connectivity index (χ0n) is 10.5. The van der Waals surface area contributed by atoms with Crippen molar-refractivity contribution in [2.45, 2.75) is 25.7 Å². The van der Waals surface area contributed by atoms with Crippen LogP contribution < -0.4 is 0 Å². The van der Waals surface area contributed by atoms with Crippen LogP contribution in [0.1, 0.15) is 31.2 Å². The highest BCUT2D eigenvalue weighted by Gasteiger charge is 1.96. The molecule has 0 aliphatic rings. The first kappa shape index (κ1) is 15.6. The molecule has 99 valence electrons. The Labute approximate surface area is 120 Å². The Kier molecular flexibility index (Phi) is 8.15. The summed E-state index contributed by atoms with van der Waals surface area (Å²) in [6.07, 6.45) is 8.47. The molecule has 0 atom stereocenters. The summed E-state index contributed by atoms with van der Waals surface area (Å²) in [6.45, 7) is 5.25. The van der Waals surface area contributed by atoms with Crippen molar-refractivity contribution in [3.05, 3.63) is 46.8 Å². The van der Waals surface area contributed by atoms with Crippen LogP contribution in [-0.2, 0) is 4.74 Å². The van der Waals surface area contributed by atoms with Gasteiger partial charge in [0.1, 0.15) is 0 Å². The number of ether oxygens (including phenoxy) is 1. The molecule has 18 heavy (non-hydrogen) atoms. The van der Waals surface area contributed by atoms with E-state index in [1.54, 1.807) is 6.07 Å². The number of halogens is 2. The molecule has 0 saturated heterocycles. The second kappa shape index (κ2) is 9.43. The van der Waals surface area contributed by atoms with E-state index in [1.165, 1.54) is 12.8 Å². The van der Waals surface area contributed by atoms with Gasteiger partial charge in [0.05, 0.1) is 16.7 Å². The molecular weight excluding hydrogens is 267 g/mol. The first-order valence-corrected chi connectivity index (χ1v) is 6.98. The standard InChI is InChI=1S/C15H19Cl2O/c1-2-3-4-5-10-18-11-6-7-13-8-9-14(16)15(17)12-13/h6-9,12H,1-5,10-11H2/b7-6+. The van der Waals surface area contributed by atoms with Gasteiger partial charge in [0.15, 0.2) is 0 Å². The fourth-order valence-electron chi connectivity index (χ4n) is 1.51. The summed E-state index contributed by atoms with van der Waals surface area (Å²) < 4.78 is 5.49. The highest BCUT2D eigenvalue weighted by molar-refractivity contribution is 6.42. The molecule has 0 N–H and O–H groups in total. The third-order valence-electron chi connectivity index (χ3n) is 2.51. The highest BCUT2D eigenvalue weighted by Crippen LogP contribution is 2.23. The lowest BCUT2D eigenvalue weighted by molar-refractivity contribution is 0.158. The molecule has 0 unspecified atom stereocenters. The van der Waals surface area contributed by atoms with E-state index < -0.39 is 0 Å². The molecule has 1 aromatic rings. The maximum Gasteiger partial charge on any atom is 0.0650 e. The first-order chi connectivity index (χ1) is 8.74. The number of rotatable bonds is 8. The van der Waals surface area contributed by atoms with Crippen molar-refractivity contribution in [2.24, 2.45) is 0 Å². The summed E-state index contributed by atoms with van der Waals surface area (Å²) in [5.74, 6) is 0. The van der Waals surface area contributed by atoms with Crippen molar-refractivity contribution in [3.63, 3.8) is 0 Å². The SMILES string of the molecule is [CH2]CCCCCOC/C=C/c1ccc(Cl)c(Cl)c1. The zero-order valence-corrected chi connectivity index (χ0v) is 12.0. The van der Waals surface area contributed by atoms with Gasteiger partial charge in [-0.25, -0.2) is 0 Å². The maximum atomic E-state index is 5.92. The molecule has 0 spiro atoms. The molecule has 0 fully saturated rings. The van der Waals surface area contributed by atoms with E-state index >= 15 is 0 Å². The maximum absolute atomic E-state index is 5.92. The zero-order chi connectivity index (χ0) is 13.2. The lowest BCUT2D eigenvalue weighted by Crippen LogP contribution is -1.94. The van der Waals surface area contributed by atoms with Crippen LogP contribution in [-0.4, -0.2) is 13.2 Å². The Balaban J connectivity index is 2.18. The molecule has 0 heterocycles. The van der Waals surface area contributed by atoms with Crippen molar-refractivity contribution >= 4 is 29.3 Å². The molecule has 0 bridgehead atoms. The Morgan fingerprint density at radius 1 is 1.11 bits per heavy atom. The van der Waals surface area contributed by atoms with Gasteiger partial charge in [-0.15, -0.1) is 0 Å². The second-order valence-electron chi connectivity index (χ2n) is 4.07. The first-order valence-electron chi connectivity index (χ1n) is 6.22. The number of hydrogen-bond acceptors (Lipinski definition) is 1. The third-order valence-corrected chi connectivity index (χ3v) is 3.25. The Bertz CT molecular complexity index is 375. The average molecular weight is 286 g/mol. The minimum Gasteiger partial charge on any atom is -0.377 e. The van der Waals surface area contributed by atoms with Crippen LogP contribution in [0.5, 0.6) is 0 Å². The molecule has 0 saturated carbocycles. The molecule has 1 radical (unpaired) electrons. The summed E-state index contributed by atoms with van der Waals surface area (Å²) in [6, 6.07) is 5.57. The van der Waals surface area contributed by atoms with E-state index in [9.17, 15) is 0 Å². The minimum absolute atomic E-state index is 0.577. The quantitative estimate of drug-likeness (QED) is 0.580. The Morgan fingerprint density at radius 3 is 2.67 bits per heavy atom.